The Hall–Kier alpha value is -0.0800. The van der Waals surface area contributed by atoms with Gasteiger partial charge in [0.25, 0.3) is 0 Å². The van der Waals surface area contributed by atoms with Gasteiger partial charge in [0.15, 0.2) is 0 Å². The Kier molecular flexibility index (Phi) is 8.13. The predicted octanol–water partition coefficient (Wildman–Crippen LogP) is 3.52. The number of hydrogen-bond acceptors (Lipinski definition) is 0. The van der Waals surface area contributed by atoms with Crippen LogP contribution in [0.25, 0.3) is 0 Å². The molecule has 1 atom stereocenters. The highest BCUT2D eigenvalue weighted by atomic mass is 15.3. The summed E-state index contributed by atoms with van der Waals surface area (Å²) in [6.45, 7) is 7.31. The smallest absolute Gasteiger partial charge is 0.0857 e. The van der Waals surface area contributed by atoms with Crippen LogP contribution in [0, 0.1) is 0 Å². The Morgan fingerprint density at radius 1 is 0.778 bits per heavy atom. The van der Waals surface area contributed by atoms with Crippen molar-refractivity contribution in [2.45, 2.75) is 58.4 Å². The third-order valence-electron chi connectivity index (χ3n) is 4.23. The topological polar surface area (TPSA) is 0 Å². The molecule has 0 amide bonds. The van der Waals surface area contributed by atoms with Crippen LogP contribution in [-0.2, 0) is 0 Å². The van der Waals surface area contributed by atoms with Gasteiger partial charge >= 0.3 is 0 Å². The second-order valence-corrected chi connectivity index (χ2v) is 7.57. The van der Waals surface area contributed by atoms with Gasteiger partial charge in [-0.05, 0) is 19.8 Å². The molecule has 0 aromatic rings. The molecule has 0 spiro atoms. The van der Waals surface area contributed by atoms with Crippen LogP contribution in [-0.4, -0.2) is 63.3 Å². The summed E-state index contributed by atoms with van der Waals surface area (Å²) < 4.78 is 2.27. The third kappa shape index (κ3) is 8.93. The number of rotatable bonds is 10. The van der Waals surface area contributed by atoms with Crippen molar-refractivity contribution in [2.24, 2.45) is 0 Å². The average molecular weight is 258 g/mol. The fourth-order valence-electron chi connectivity index (χ4n) is 2.39. The summed E-state index contributed by atoms with van der Waals surface area (Å²) in [7, 11) is 11.7. The fourth-order valence-corrected chi connectivity index (χ4v) is 2.39. The SMILES string of the molecule is CCCCCCC(C)[N+](C)(C)CCC[N+](C)(C)C. The van der Waals surface area contributed by atoms with Crippen molar-refractivity contribution in [3.05, 3.63) is 0 Å². The molecule has 1 unspecified atom stereocenters. The molecule has 2 heteroatoms. The van der Waals surface area contributed by atoms with Gasteiger partial charge in [0.2, 0.25) is 0 Å². The van der Waals surface area contributed by atoms with Gasteiger partial charge in [0.1, 0.15) is 0 Å². The quantitative estimate of drug-likeness (QED) is 0.415. The first-order valence-electron chi connectivity index (χ1n) is 7.82. The summed E-state index contributed by atoms with van der Waals surface area (Å²) >= 11 is 0. The lowest BCUT2D eigenvalue weighted by Crippen LogP contribution is -2.49. The molecule has 0 heterocycles. The first-order valence-corrected chi connectivity index (χ1v) is 7.82. The highest BCUT2D eigenvalue weighted by Crippen LogP contribution is 2.15. The van der Waals surface area contributed by atoms with E-state index in [-0.39, 0.29) is 0 Å². The van der Waals surface area contributed by atoms with E-state index in [1.807, 2.05) is 0 Å². The first kappa shape index (κ1) is 17.9. The molecule has 0 aliphatic carbocycles. The van der Waals surface area contributed by atoms with Crippen LogP contribution >= 0.6 is 0 Å². The molecule has 0 aromatic heterocycles. The summed E-state index contributed by atoms with van der Waals surface area (Å²) in [6, 6.07) is 0.800. The first-order chi connectivity index (χ1) is 8.19. The van der Waals surface area contributed by atoms with Crippen LogP contribution in [0.1, 0.15) is 52.4 Å². The maximum Gasteiger partial charge on any atom is 0.0857 e. The zero-order valence-corrected chi connectivity index (χ0v) is 14.1. The van der Waals surface area contributed by atoms with Crippen molar-refractivity contribution in [1.29, 1.82) is 0 Å². The Morgan fingerprint density at radius 3 is 1.89 bits per heavy atom. The van der Waals surface area contributed by atoms with Crippen molar-refractivity contribution in [3.8, 4) is 0 Å². The van der Waals surface area contributed by atoms with E-state index in [1.54, 1.807) is 0 Å². The van der Waals surface area contributed by atoms with Gasteiger partial charge in [-0.1, -0.05) is 26.2 Å². The minimum absolute atomic E-state index is 0.800. The minimum Gasteiger partial charge on any atom is -0.331 e. The van der Waals surface area contributed by atoms with Gasteiger partial charge in [-0.25, -0.2) is 0 Å². The molecule has 0 aliphatic heterocycles. The van der Waals surface area contributed by atoms with Crippen LogP contribution in [0.3, 0.4) is 0 Å². The number of nitrogens with zero attached hydrogens (tertiary/aromatic N) is 2. The van der Waals surface area contributed by atoms with Crippen molar-refractivity contribution >= 4 is 0 Å². The van der Waals surface area contributed by atoms with Gasteiger partial charge in [0.05, 0.1) is 54.4 Å². The van der Waals surface area contributed by atoms with Gasteiger partial charge in [-0.2, -0.15) is 0 Å². The Morgan fingerprint density at radius 2 is 1.39 bits per heavy atom. The molecule has 0 N–H and O–H groups in total. The van der Waals surface area contributed by atoms with E-state index in [0.29, 0.717) is 0 Å². The van der Waals surface area contributed by atoms with Crippen LogP contribution in [0.5, 0.6) is 0 Å². The van der Waals surface area contributed by atoms with E-state index in [4.69, 9.17) is 0 Å². The molecule has 0 saturated carbocycles. The Bertz CT molecular complexity index is 204. The van der Waals surface area contributed by atoms with Crippen LogP contribution in [0.4, 0.5) is 0 Å². The molecular weight excluding hydrogens is 220 g/mol. The predicted molar refractivity (Wildman–Crippen MR) is 82.7 cm³/mol. The average Bonchev–Trinajstić information content (AvgIpc) is 2.21. The van der Waals surface area contributed by atoms with Crippen molar-refractivity contribution in [3.63, 3.8) is 0 Å². The third-order valence-corrected chi connectivity index (χ3v) is 4.23. The lowest BCUT2D eigenvalue weighted by atomic mass is 10.1. The van der Waals surface area contributed by atoms with Gasteiger partial charge in [0, 0.05) is 6.42 Å². The maximum absolute atomic E-state index is 2.43. The number of unbranched alkanes of at least 4 members (excludes halogenated alkanes) is 3. The molecule has 0 radical (unpaired) electrons. The molecule has 18 heavy (non-hydrogen) atoms. The van der Waals surface area contributed by atoms with E-state index in [1.165, 1.54) is 56.1 Å². The molecule has 0 saturated heterocycles. The summed E-state index contributed by atoms with van der Waals surface area (Å²) in [4.78, 5) is 0. The summed E-state index contributed by atoms with van der Waals surface area (Å²) in [6.07, 6.45) is 8.29. The fraction of sp³-hybridized carbons (Fsp3) is 1.00. The van der Waals surface area contributed by atoms with E-state index in [2.05, 4.69) is 49.1 Å². The largest absolute Gasteiger partial charge is 0.331 e. The highest BCUT2D eigenvalue weighted by molar-refractivity contribution is 4.53. The molecule has 110 valence electrons. The summed E-state index contributed by atoms with van der Waals surface area (Å²) in [5, 5.41) is 0. The molecule has 0 rings (SSSR count). The molecule has 0 aliphatic rings. The maximum atomic E-state index is 2.43. The van der Waals surface area contributed by atoms with Crippen molar-refractivity contribution in [1.82, 2.24) is 0 Å². The van der Waals surface area contributed by atoms with Gasteiger partial charge < -0.3 is 8.97 Å². The minimum atomic E-state index is 0.800. The summed E-state index contributed by atoms with van der Waals surface area (Å²) in [5.41, 5.74) is 0. The van der Waals surface area contributed by atoms with Crippen molar-refractivity contribution in [2.75, 3.05) is 48.3 Å². The molecule has 0 bridgehead atoms. The lowest BCUT2D eigenvalue weighted by molar-refractivity contribution is -0.920. The standard InChI is InChI=1S/C16H38N2/c1-8-9-10-11-13-16(2)18(6,7)15-12-14-17(3,4)5/h16H,8-15H2,1-7H3/q+2. The van der Waals surface area contributed by atoms with E-state index in [0.717, 1.165) is 10.5 Å². The second kappa shape index (κ2) is 8.16. The molecule has 0 aromatic carbocycles. The second-order valence-electron chi connectivity index (χ2n) is 7.57. The summed E-state index contributed by atoms with van der Waals surface area (Å²) in [5.74, 6) is 0. The zero-order chi connectivity index (χ0) is 14.2. The van der Waals surface area contributed by atoms with Crippen LogP contribution in [0.15, 0.2) is 0 Å². The van der Waals surface area contributed by atoms with Crippen LogP contribution < -0.4 is 0 Å². The monoisotopic (exact) mass is 258 g/mol. The Labute approximate surface area is 116 Å². The number of hydrogen-bond donors (Lipinski definition) is 0. The van der Waals surface area contributed by atoms with E-state index in [9.17, 15) is 0 Å². The van der Waals surface area contributed by atoms with E-state index >= 15 is 0 Å². The molecule has 2 nitrogen and oxygen atoms in total. The number of quaternary nitrogens is 2. The van der Waals surface area contributed by atoms with Gasteiger partial charge in [-0.3, -0.25) is 0 Å². The lowest BCUT2D eigenvalue weighted by Gasteiger charge is -2.37. The molecular formula is C16H38N2+2. The molecule has 0 fully saturated rings. The normalized spacial score (nSPS) is 14.8. The zero-order valence-electron chi connectivity index (χ0n) is 14.1. The van der Waals surface area contributed by atoms with Gasteiger partial charge in [-0.15, -0.1) is 0 Å². The Balaban J connectivity index is 3.88. The van der Waals surface area contributed by atoms with Crippen LogP contribution in [0.2, 0.25) is 0 Å². The highest BCUT2D eigenvalue weighted by Gasteiger charge is 2.23. The van der Waals surface area contributed by atoms with E-state index < -0.39 is 0 Å². The van der Waals surface area contributed by atoms with Crippen molar-refractivity contribution < 1.29 is 8.97 Å².